The maximum Gasteiger partial charge on any atom is 0.0536 e. The third-order valence-electron chi connectivity index (χ3n) is 13.3. The second-order valence-electron chi connectivity index (χ2n) is 17.1. The zero-order valence-electron chi connectivity index (χ0n) is 34.3. The van der Waals surface area contributed by atoms with Gasteiger partial charge in [0.25, 0.3) is 0 Å². The highest BCUT2D eigenvalue weighted by Gasteiger charge is 2.37. The molecule has 0 fully saturated rings. The van der Waals surface area contributed by atoms with E-state index in [4.69, 9.17) is 0 Å². The van der Waals surface area contributed by atoms with Crippen LogP contribution in [0.15, 0.2) is 206 Å². The third-order valence-corrected chi connectivity index (χ3v) is 13.3. The van der Waals surface area contributed by atoms with Crippen molar-refractivity contribution < 1.29 is 0 Å². The van der Waals surface area contributed by atoms with Crippen LogP contribution in [0, 0.1) is 0 Å². The smallest absolute Gasteiger partial charge is 0.0536 e. The van der Waals surface area contributed by atoms with E-state index in [1.807, 2.05) is 0 Å². The van der Waals surface area contributed by atoms with Crippen molar-refractivity contribution in [2.75, 3.05) is 4.90 Å². The van der Waals surface area contributed by atoms with Gasteiger partial charge in [0.05, 0.1) is 5.69 Å². The molecule has 1 unspecified atom stereocenters. The lowest BCUT2D eigenvalue weighted by atomic mass is 9.80. The van der Waals surface area contributed by atoms with Crippen LogP contribution in [0.2, 0.25) is 0 Å². The second kappa shape index (κ2) is 14.7. The molecule has 3 aliphatic rings. The van der Waals surface area contributed by atoms with E-state index < -0.39 is 0 Å². The molecule has 60 heavy (non-hydrogen) atoms. The first kappa shape index (κ1) is 36.1. The van der Waals surface area contributed by atoms with Gasteiger partial charge in [0, 0.05) is 28.3 Å². The Balaban J connectivity index is 1.01. The molecule has 0 aromatic heterocycles. The zero-order chi connectivity index (χ0) is 40.2. The number of fused-ring (bicyclic) bond motifs is 5. The summed E-state index contributed by atoms with van der Waals surface area (Å²) in [7, 11) is 0. The fourth-order valence-corrected chi connectivity index (χ4v) is 10.2. The van der Waals surface area contributed by atoms with Crippen molar-refractivity contribution in [2.45, 2.75) is 44.4 Å². The van der Waals surface area contributed by atoms with Gasteiger partial charge >= 0.3 is 0 Å². The summed E-state index contributed by atoms with van der Waals surface area (Å²) < 4.78 is 0. The molecule has 0 bridgehead atoms. The number of nitrogens with zero attached hydrogens (tertiary/aromatic N) is 1. The molecular formula is C59H47N. The van der Waals surface area contributed by atoms with E-state index in [0.717, 1.165) is 24.9 Å². The van der Waals surface area contributed by atoms with Gasteiger partial charge in [-0.25, -0.2) is 0 Å². The Morgan fingerprint density at radius 1 is 0.550 bits per heavy atom. The Kier molecular flexibility index (Phi) is 8.85. The SMILES string of the molecule is CC1(C)c2ccccc2-c2c1cc1ccccc1c2-c1ccc(-c2ccc(N(C3=CCC(c4ccccc4)C=C3)c3ccc(-c4ccccc4)cc3)c3c2CCC=C3)cc1. The molecule has 0 saturated carbocycles. The van der Waals surface area contributed by atoms with Crippen LogP contribution in [0.5, 0.6) is 0 Å². The number of hydrogen-bond donors (Lipinski definition) is 0. The molecular weight excluding hydrogens is 723 g/mol. The molecule has 0 N–H and O–H groups in total. The predicted octanol–water partition coefficient (Wildman–Crippen LogP) is 15.9. The maximum absolute atomic E-state index is 2.48. The van der Waals surface area contributed by atoms with Crippen LogP contribution in [0.3, 0.4) is 0 Å². The molecule has 0 aliphatic heterocycles. The Hall–Kier alpha value is -6.96. The molecule has 1 nitrogen and oxygen atoms in total. The second-order valence-corrected chi connectivity index (χ2v) is 17.1. The molecule has 1 atom stereocenters. The molecule has 0 amide bonds. The Labute approximate surface area is 354 Å². The summed E-state index contributed by atoms with van der Waals surface area (Å²) >= 11 is 0. The summed E-state index contributed by atoms with van der Waals surface area (Å²) in [4.78, 5) is 2.48. The molecule has 0 saturated heterocycles. The number of benzene rings is 8. The molecule has 0 heterocycles. The predicted molar refractivity (Wildman–Crippen MR) is 255 cm³/mol. The van der Waals surface area contributed by atoms with Crippen LogP contribution in [0.1, 0.15) is 60.4 Å². The Morgan fingerprint density at radius 2 is 1.23 bits per heavy atom. The van der Waals surface area contributed by atoms with E-state index in [1.165, 1.54) is 94.5 Å². The van der Waals surface area contributed by atoms with Crippen molar-refractivity contribution in [2.24, 2.45) is 0 Å². The van der Waals surface area contributed by atoms with Gasteiger partial charge in [0.1, 0.15) is 0 Å². The average molecular weight is 770 g/mol. The summed E-state index contributed by atoms with van der Waals surface area (Å²) in [5.41, 5.74) is 20.8. The topological polar surface area (TPSA) is 3.24 Å². The van der Waals surface area contributed by atoms with Crippen molar-refractivity contribution in [1.29, 1.82) is 0 Å². The number of anilines is 2. The van der Waals surface area contributed by atoms with Crippen LogP contribution in [0.25, 0.3) is 61.4 Å². The average Bonchev–Trinajstić information content (AvgIpc) is 3.54. The van der Waals surface area contributed by atoms with Crippen LogP contribution in [0.4, 0.5) is 11.4 Å². The number of hydrogen-bond acceptors (Lipinski definition) is 1. The van der Waals surface area contributed by atoms with Crippen molar-refractivity contribution >= 4 is 28.2 Å². The van der Waals surface area contributed by atoms with Crippen molar-refractivity contribution in [3.8, 4) is 44.5 Å². The fraction of sp³-hybridized carbons (Fsp3) is 0.119. The lowest BCUT2D eigenvalue weighted by molar-refractivity contribution is 0.661. The first-order valence-electron chi connectivity index (χ1n) is 21.5. The van der Waals surface area contributed by atoms with Gasteiger partial charge in [0.2, 0.25) is 0 Å². The van der Waals surface area contributed by atoms with Crippen molar-refractivity contribution in [3.63, 3.8) is 0 Å². The van der Waals surface area contributed by atoms with E-state index in [2.05, 4.69) is 225 Å². The molecule has 3 aliphatic carbocycles. The van der Waals surface area contributed by atoms with Crippen molar-refractivity contribution in [1.82, 2.24) is 0 Å². The highest BCUT2D eigenvalue weighted by molar-refractivity contribution is 6.08. The van der Waals surface area contributed by atoms with Crippen LogP contribution < -0.4 is 4.90 Å². The van der Waals surface area contributed by atoms with Gasteiger partial charge in [-0.2, -0.15) is 0 Å². The van der Waals surface area contributed by atoms with E-state index in [0.29, 0.717) is 5.92 Å². The van der Waals surface area contributed by atoms with Crippen LogP contribution in [-0.4, -0.2) is 0 Å². The molecule has 8 aromatic rings. The minimum absolute atomic E-state index is 0.0656. The summed E-state index contributed by atoms with van der Waals surface area (Å²) in [5.74, 6) is 0.368. The lowest BCUT2D eigenvalue weighted by Crippen LogP contribution is -2.19. The Bertz CT molecular complexity index is 3000. The van der Waals surface area contributed by atoms with E-state index in [9.17, 15) is 0 Å². The van der Waals surface area contributed by atoms with Crippen molar-refractivity contribution in [3.05, 3.63) is 234 Å². The highest BCUT2D eigenvalue weighted by Crippen LogP contribution is 2.54. The standard InChI is InChI=1S/C59H47N/c1-59(2)54-24-14-13-23-53(54)58-55(59)39-46-19-9-10-20-50(46)57(58)45-27-25-44(26-28-45)49-37-38-56(52-22-12-11-21-51(49)52)60(47-33-29-42(30-34-47)40-15-5-3-6-16-40)48-35-31-43(32-36-48)41-17-7-4-8-18-41/h3-10,12-20,22-31,33-39,43H,11,21,32H2,1-2H3. The maximum atomic E-state index is 2.48. The molecule has 11 rings (SSSR count). The summed E-state index contributed by atoms with van der Waals surface area (Å²) in [6.07, 6.45) is 14.9. The summed E-state index contributed by atoms with van der Waals surface area (Å²) in [5, 5.41) is 2.60. The first-order chi connectivity index (χ1) is 29.5. The molecule has 1 heteroatoms. The van der Waals surface area contributed by atoms with E-state index in [1.54, 1.807) is 0 Å². The van der Waals surface area contributed by atoms with Crippen LogP contribution in [-0.2, 0) is 11.8 Å². The Morgan fingerprint density at radius 3 is 2.02 bits per heavy atom. The van der Waals surface area contributed by atoms with Gasteiger partial charge in [-0.1, -0.05) is 190 Å². The van der Waals surface area contributed by atoms with Gasteiger partial charge in [0.15, 0.2) is 0 Å². The van der Waals surface area contributed by atoms with Gasteiger partial charge in [-0.3, -0.25) is 0 Å². The van der Waals surface area contributed by atoms with Crippen LogP contribution >= 0.6 is 0 Å². The number of allylic oxidation sites excluding steroid dienone is 4. The largest absolute Gasteiger partial charge is 0.310 e. The van der Waals surface area contributed by atoms with Gasteiger partial charge < -0.3 is 4.90 Å². The lowest BCUT2D eigenvalue weighted by Gasteiger charge is -2.32. The van der Waals surface area contributed by atoms with E-state index >= 15 is 0 Å². The highest BCUT2D eigenvalue weighted by atomic mass is 15.1. The summed E-state index contributed by atoms with van der Waals surface area (Å²) in [6, 6.07) is 65.2. The quantitative estimate of drug-likeness (QED) is 0.156. The van der Waals surface area contributed by atoms with E-state index in [-0.39, 0.29) is 5.41 Å². The first-order valence-corrected chi connectivity index (χ1v) is 21.5. The third kappa shape index (κ3) is 6.08. The normalized spacial score (nSPS) is 15.9. The fourth-order valence-electron chi connectivity index (χ4n) is 10.2. The summed E-state index contributed by atoms with van der Waals surface area (Å²) in [6.45, 7) is 4.76. The zero-order valence-corrected chi connectivity index (χ0v) is 34.3. The molecule has 0 spiro atoms. The van der Waals surface area contributed by atoms with Gasteiger partial charge in [-0.15, -0.1) is 0 Å². The molecule has 8 aromatic carbocycles. The molecule has 0 radical (unpaired) electrons. The molecule has 288 valence electrons. The minimum atomic E-state index is -0.0656. The number of rotatable bonds is 7. The van der Waals surface area contributed by atoms with Gasteiger partial charge in [-0.05, 0) is 127 Å². The minimum Gasteiger partial charge on any atom is -0.310 e. The monoisotopic (exact) mass is 769 g/mol.